The van der Waals surface area contributed by atoms with Gasteiger partial charge >= 0.3 is 0 Å². The molecule has 0 bridgehead atoms. The van der Waals surface area contributed by atoms with Gasteiger partial charge in [0.15, 0.2) is 0 Å². The van der Waals surface area contributed by atoms with Crippen molar-refractivity contribution in [2.45, 2.75) is 24.9 Å². The molecule has 2 heterocycles. The van der Waals surface area contributed by atoms with E-state index in [0.717, 1.165) is 38.0 Å². The predicted octanol–water partition coefficient (Wildman–Crippen LogP) is 2.18. The molecule has 1 aliphatic rings. The number of ether oxygens (including phenoxy) is 1. The lowest BCUT2D eigenvalue weighted by Gasteiger charge is -2.36. The first-order chi connectivity index (χ1) is 9.81. The fourth-order valence-corrected chi connectivity index (χ4v) is 2.88. The van der Waals surface area contributed by atoms with Gasteiger partial charge in [-0.1, -0.05) is 18.2 Å². The number of hydrogen-bond donors (Lipinski definition) is 1. The van der Waals surface area contributed by atoms with Gasteiger partial charge in [0.05, 0.1) is 17.5 Å². The van der Waals surface area contributed by atoms with Crippen LogP contribution in [-0.4, -0.2) is 35.6 Å². The van der Waals surface area contributed by atoms with Crippen molar-refractivity contribution in [1.29, 1.82) is 0 Å². The van der Waals surface area contributed by atoms with Crippen molar-refractivity contribution >= 4 is 0 Å². The van der Waals surface area contributed by atoms with Gasteiger partial charge in [-0.3, -0.25) is 0 Å². The van der Waals surface area contributed by atoms with Crippen molar-refractivity contribution in [3.63, 3.8) is 0 Å². The number of methoxy groups -OCH3 is 1. The van der Waals surface area contributed by atoms with Crippen LogP contribution in [0, 0.1) is 0 Å². The zero-order chi connectivity index (χ0) is 13.8. The van der Waals surface area contributed by atoms with E-state index in [2.05, 4.69) is 28.7 Å². The van der Waals surface area contributed by atoms with Crippen molar-refractivity contribution in [2.24, 2.45) is 0 Å². The maximum atomic E-state index is 5.82. The maximum absolute atomic E-state index is 5.82. The maximum Gasteiger partial charge on any atom is 0.0744 e. The highest BCUT2D eigenvalue weighted by atomic mass is 16.5. The van der Waals surface area contributed by atoms with Crippen molar-refractivity contribution in [3.05, 3.63) is 48.3 Å². The molecule has 2 aromatic rings. The molecule has 0 spiro atoms. The topological polar surface area (TPSA) is 39.1 Å². The third kappa shape index (κ3) is 2.76. The lowest BCUT2D eigenvalue weighted by molar-refractivity contribution is -0.0333. The molecule has 1 aliphatic heterocycles. The highest BCUT2D eigenvalue weighted by molar-refractivity contribution is 5.31. The zero-order valence-electron chi connectivity index (χ0n) is 11.9. The predicted molar refractivity (Wildman–Crippen MR) is 79.1 cm³/mol. The Morgan fingerprint density at radius 1 is 1.25 bits per heavy atom. The molecule has 4 nitrogen and oxygen atoms in total. The molecular weight excluding hydrogens is 250 g/mol. The van der Waals surface area contributed by atoms with E-state index >= 15 is 0 Å². The minimum Gasteiger partial charge on any atom is -0.378 e. The standard InChI is InChI=1S/C16H21N3O/c1-20-16(7-9-17-10-8-16)11-14-12-18-19(13-14)15-5-3-2-4-6-15/h2-6,12-13,17H,7-11H2,1H3. The average Bonchev–Trinajstić information content (AvgIpc) is 2.97. The summed E-state index contributed by atoms with van der Waals surface area (Å²) in [5.74, 6) is 0. The normalized spacial score (nSPS) is 18.1. The number of nitrogens with zero attached hydrogens (tertiary/aromatic N) is 2. The summed E-state index contributed by atoms with van der Waals surface area (Å²) in [6.07, 6.45) is 7.10. The molecule has 1 aromatic heterocycles. The van der Waals surface area contributed by atoms with Gasteiger partial charge in [-0.2, -0.15) is 5.10 Å². The Kier molecular flexibility index (Phi) is 3.85. The second kappa shape index (κ2) is 5.77. The van der Waals surface area contributed by atoms with Crippen LogP contribution in [0.15, 0.2) is 42.7 Å². The van der Waals surface area contributed by atoms with E-state index in [1.807, 2.05) is 36.2 Å². The second-order valence-electron chi connectivity index (χ2n) is 5.44. The number of nitrogens with one attached hydrogen (secondary N) is 1. The van der Waals surface area contributed by atoms with Crippen LogP contribution in [0.3, 0.4) is 0 Å². The SMILES string of the molecule is COC1(Cc2cnn(-c3ccccc3)c2)CCNCC1. The molecule has 1 N–H and O–H groups in total. The van der Waals surface area contributed by atoms with Gasteiger partial charge < -0.3 is 10.1 Å². The van der Waals surface area contributed by atoms with Gasteiger partial charge in [0, 0.05) is 19.7 Å². The van der Waals surface area contributed by atoms with Crippen molar-refractivity contribution in [3.8, 4) is 5.69 Å². The molecule has 0 aliphatic carbocycles. The third-order valence-corrected chi connectivity index (χ3v) is 4.13. The molecular formula is C16H21N3O. The first kappa shape index (κ1) is 13.3. The summed E-state index contributed by atoms with van der Waals surface area (Å²) in [5, 5.41) is 7.85. The summed E-state index contributed by atoms with van der Waals surface area (Å²) >= 11 is 0. The lowest BCUT2D eigenvalue weighted by Crippen LogP contribution is -2.44. The molecule has 0 radical (unpaired) electrons. The highest BCUT2D eigenvalue weighted by Crippen LogP contribution is 2.27. The van der Waals surface area contributed by atoms with Gasteiger partial charge in [-0.15, -0.1) is 0 Å². The molecule has 4 heteroatoms. The third-order valence-electron chi connectivity index (χ3n) is 4.13. The number of aromatic nitrogens is 2. The molecule has 0 amide bonds. The summed E-state index contributed by atoms with van der Waals surface area (Å²) in [6, 6.07) is 10.2. The first-order valence-electron chi connectivity index (χ1n) is 7.16. The Bertz CT molecular complexity index is 544. The molecule has 1 fully saturated rings. The molecule has 20 heavy (non-hydrogen) atoms. The highest BCUT2D eigenvalue weighted by Gasteiger charge is 2.32. The second-order valence-corrected chi connectivity index (χ2v) is 5.44. The van der Waals surface area contributed by atoms with Gasteiger partial charge in [0.25, 0.3) is 0 Å². The number of benzene rings is 1. The van der Waals surface area contributed by atoms with E-state index in [-0.39, 0.29) is 5.60 Å². The van der Waals surface area contributed by atoms with E-state index in [4.69, 9.17) is 4.74 Å². The van der Waals surface area contributed by atoms with Crippen LogP contribution in [0.1, 0.15) is 18.4 Å². The minimum absolute atomic E-state index is 0.0319. The largest absolute Gasteiger partial charge is 0.378 e. The van der Waals surface area contributed by atoms with E-state index in [1.165, 1.54) is 5.56 Å². The van der Waals surface area contributed by atoms with Crippen molar-refractivity contribution in [1.82, 2.24) is 15.1 Å². The van der Waals surface area contributed by atoms with E-state index in [9.17, 15) is 0 Å². The van der Waals surface area contributed by atoms with E-state index in [0.29, 0.717) is 0 Å². The van der Waals surface area contributed by atoms with Crippen LogP contribution in [-0.2, 0) is 11.2 Å². The van der Waals surface area contributed by atoms with E-state index < -0.39 is 0 Å². The summed E-state index contributed by atoms with van der Waals surface area (Å²) < 4.78 is 7.75. The molecule has 106 valence electrons. The molecule has 0 atom stereocenters. The van der Waals surface area contributed by atoms with Crippen LogP contribution in [0.5, 0.6) is 0 Å². The van der Waals surface area contributed by atoms with Crippen LogP contribution < -0.4 is 5.32 Å². The van der Waals surface area contributed by atoms with Crippen LogP contribution in [0.2, 0.25) is 0 Å². The van der Waals surface area contributed by atoms with Crippen molar-refractivity contribution < 1.29 is 4.74 Å². The number of hydrogen-bond acceptors (Lipinski definition) is 3. The van der Waals surface area contributed by atoms with Gasteiger partial charge in [0.2, 0.25) is 0 Å². The van der Waals surface area contributed by atoms with Crippen molar-refractivity contribution in [2.75, 3.05) is 20.2 Å². The van der Waals surface area contributed by atoms with E-state index in [1.54, 1.807) is 0 Å². The zero-order valence-corrected chi connectivity index (χ0v) is 11.9. The Balaban J connectivity index is 1.77. The Labute approximate surface area is 119 Å². The van der Waals surface area contributed by atoms with Gasteiger partial charge in [0.1, 0.15) is 0 Å². The monoisotopic (exact) mass is 271 g/mol. The summed E-state index contributed by atoms with van der Waals surface area (Å²) in [6.45, 7) is 2.06. The smallest absolute Gasteiger partial charge is 0.0744 e. The van der Waals surface area contributed by atoms with Gasteiger partial charge in [-0.25, -0.2) is 4.68 Å². The fraction of sp³-hybridized carbons (Fsp3) is 0.438. The molecule has 1 saturated heterocycles. The summed E-state index contributed by atoms with van der Waals surface area (Å²) in [5.41, 5.74) is 2.30. The van der Waals surface area contributed by atoms with Crippen LogP contribution >= 0.6 is 0 Å². The molecule has 0 unspecified atom stereocenters. The molecule has 3 rings (SSSR count). The van der Waals surface area contributed by atoms with Gasteiger partial charge in [-0.05, 0) is 43.6 Å². The fourth-order valence-electron chi connectivity index (χ4n) is 2.88. The quantitative estimate of drug-likeness (QED) is 0.926. The van der Waals surface area contributed by atoms with Crippen LogP contribution in [0.25, 0.3) is 5.69 Å². The lowest BCUT2D eigenvalue weighted by atomic mass is 9.86. The Hall–Kier alpha value is -1.65. The van der Waals surface area contributed by atoms with Crippen LogP contribution in [0.4, 0.5) is 0 Å². The number of piperidine rings is 1. The summed E-state index contributed by atoms with van der Waals surface area (Å²) in [4.78, 5) is 0. The molecule has 1 aromatic carbocycles. The average molecular weight is 271 g/mol. The molecule has 0 saturated carbocycles. The first-order valence-corrected chi connectivity index (χ1v) is 7.16. The Morgan fingerprint density at radius 3 is 2.70 bits per heavy atom. The number of rotatable bonds is 4. The minimum atomic E-state index is -0.0319. The Morgan fingerprint density at radius 2 is 2.00 bits per heavy atom. The summed E-state index contributed by atoms with van der Waals surface area (Å²) in [7, 11) is 1.83. The number of para-hydroxylation sites is 1.